The van der Waals surface area contributed by atoms with Crippen LogP contribution in [0.25, 0.3) is 0 Å². The number of carbonyl (C=O) groups is 1. The molecule has 0 bridgehead atoms. The van der Waals surface area contributed by atoms with Crippen LogP contribution in [0.3, 0.4) is 0 Å². The summed E-state index contributed by atoms with van der Waals surface area (Å²) in [6.45, 7) is 1.35. The second kappa shape index (κ2) is 8.56. The van der Waals surface area contributed by atoms with E-state index in [1.807, 2.05) is 0 Å². The molecule has 0 saturated carbocycles. The molecule has 0 radical (unpaired) electrons. The van der Waals surface area contributed by atoms with Crippen molar-refractivity contribution in [1.29, 1.82) is 0 Å². The summed E-state index contributed by atoms with van der Waals surface area (Å²) in [6, 6.07) is 7.28. The first-order valence-corrected chi connectivity index (χ1v) is 10.1. The highest BCUT2D eigenvalue weighted by Gasteiger charge is 2.36. The molecule has 6 nitrogen and oxygen atoms in total. The molecule has 0 heterocycles. The van der Waals surface area contributed by atoms with Gasteiger partial charge >= 0.3 is 0 Å². The van der Waals surface area contributed by atoms with Gasteiger partial charge in [-0.1, -0.05) is 23.2 Å². The molecule has 146 valence electrons. The predicted molar refractivity (Wildman–Crippen MR) is 106 cm³/mol. The average molecular weight is 453 g/mol. The Balaban J connectivity index is 2.80. The zero-order chi connectivity index (χ0) is 20.4. The van der Waals surface area contributed by atoms with E-state index >= 15 is 0 Å². The maximum Gasteiger partial charge on any atom is 0.266 e. The molecular formula is C17H16Cl3NO5S. The van der Waals surface area contributed by atoms with E-state index in [2.05, 4.69) is 0 Å². The molecule has 0 spiro atoms. The lowest BCUT2D eigenvalue weighted by Crippen LogP contribution is -2.42. The molecule has 0 N–H and O–H groups in total. The first-order chi connectivity index (χ1) is 12.6. The van der Waals surface area contributed by atoms with Crippen LogP contribution in [-0.4, -0.2) is 33.9 Å². The van der Waals surface area contributed by atoms with Gasteiger partial charge in [0.1, 0.15) is 22.4 Å². The van der Waals surface area contributed by atoms with Gasteiger partial charge in [0.25, 0.3) is 10.0 Å². The Morgan fingerprint density at radius 2 is 1.74 bits per heavy atom. The molecule has 0 aromatic heterocycles. The Kier molecular flexibility index (Phi) is 6.86. The third-order valence-electron chi connectivity index (χ3n) is 3.73. The van der Waals surface area contributed by atoms with E-state index in [-0.39, 0.29) is 26.4 Å². The van der Waals surface area contributed by atoms with Crippen molar-refractivity contribution in [3.63, 3.8) is 0 Å². The fraction of sp³-hybridized carbons (Fsp3) is 0.235. The van der Waals surface area contributed by atoms with Crippen molar-refractivity contribution in [3.05, 3.63) is 46.4 Å². The van der Waals surface area contributed by atoms with Crippen LogP contribution >= 0.6 is 34.8 Å². The van der Waals surface area contributed by atoms with Crippen molar-refractivity contribution in [2.45, 2.75) is 17.9 Å². The van der Waals surface area contributed by atoms with Gasteiger partial charge in [0.2, 0.25) is 5.24 Å². The molecule has 1 unspecified atom stereocenters. The van der Waals surface area contributed by atoms with E-state index in [0.717, 1.165) is 4.31 Å². The molecule has 1 atom stereocenters. The first kappa shape index (κ1) is 21.6. The summed E-state index contributed by atoms with van der Waals surface area (Å²) in [6.07, 6.45) is 0. The van der Waals surface area contributed by atoms with Crippen LogP contribution < -0.4 is 13.8 Å². The second-order valence-corrected chi connectivity index (χ2v) is 8.39. The molecular weight excluding hydrogens is 437 g/mol. The quantitative estimate of drug-likeness (QED) is 0.584. The maximum absolute atomic E-state index is 13.4. The number of rotatable bonds is 7. The van der Waals surface area contributed by atoms with Crippen LogP contribution in [0.1, 0.15) is 6.92 Å². The number of halogens is 3. The highest BCUT2D eigenvalue weighted by Crippen LogP contribution is 2.39. The van der Waals surface area contributed by atoms with Gasteiger partial charge in [-0.3, -0.25) is 9.10 Å². The number of carbonyl (C=O) groups excluding carboxylic acids is 1. The van der Waals surface area contributed by atoms with E-state index in [1.165, 1.54) is 51.5 Å². The zero-order valence-electron chi connectivity index (χ0n) is 14.6. The van der Waals surface area contributed by atoms with Crippen LogP contribution in [-0.2, 0) is 14.8 Å². The van der Waals surface area contributed by atoms with E-state index in [9.17, 15) is 13.2 Å². The number of anilines is 1. The van der Waals surface area contributed by atoms with Gasteiger partial charge in [0.15, 0.2) is 0 Å². The van der Waals surface area contributed by atoms with Crippen LogP contribution in [0.4, 0.5) is 5.69 Å². The fourth-order valence-electron chi connectivity index (χ4n) is 2.39. The molecule has 0 amide bonds. The Bertz CT molecular complexity index is 965. The molecule has 2 aromatic carbocycles. The number of ether oxygens (including phenoxy) is 2. The number of nitrogens with zero attached hydrogens (tertiary/aromatic N) is 1. The smallest absolute Gasteiger partial charge is 0.266 e. The lowest BCUT2D eigenvalue weighted by molar-refractivity contribution is -0.112. The topological polar surface area (TPSA) is 72.9 Å². The lowest BCUT2D eigenvalue weighted by atomic mass is 10.2. The average Bonchev–Trinajstić information content (AvgIpc) is 2.63. The third kappa shape index (κ3) is 4.43. The lowest BCUT2D eigenvalue weighted by Gasteiger charge is -2.30. The summed E-state index contributed by atoms with van der Waals surface area (Å²) in [5, 5.41) is -0.775. The van der Waals surface area contributed by atoms with E-state index in [1.54, 1.807) is 6.07 Å². The zero-order valence-corrected chi connectivity index (χ0v) is 17.7. The Morgan fingerprint density at radius 1 is 1.07 bits per heavy atom. The fourth-order valence-corrected chi connectivity index (χ4v) is 4.91. The van der Waals surface area contributed by atoms with Gasteiger partial charge in [0.05, 0.1) is 24.9 Å². The van der Waals surface area contributed by atoms with E-state index in [0.29, 0.717) is 5.75 Å². The van der Waals surface area contributed by atoms with Crippen molar-refractivity contribution in [1.82, 2.24) is 0 Å². The van der Waals surface area contributed by atoms with Crippen LogP contribution in [0.2, 0.25) is 10.0 Å². The molecule has 0 fully saturated rings. The first-order valence-electron chi connectivity index (χ1n) is 7.54. The summed E-state index contributed by atoms with van der Waals surface area (Å²) >= 11 is 17.7. The van der Waals surface area contributed by atoms with Gasteiger partial charge in [0, 0.05) is 11.1 Å². The van der Waals surface area contributed by atoms with Crippen molar-refractivity contribution in [2.24, 2.45) is 0 Å². The monoisotopic (exact) mass is 451 g/mol. The van der Waals surface area contributed by atoms with Gasteiger partial charge in [-0.05, 0) is 48.9 Å². The Hall–Kier alpha value is -1.67. The minimum Gasteiger partial charge on any atom is -0.497 e. The number of benzene rings is 2. The predicted octanol–water partition coefficient (Wildman–Crippen LogP) is 4.36. The number of hydrogen-bond donors (Lipinski definition) is 0. The SMILES string of the molecule is COc1ccc(OC)c(N(C(C)C(=O)Cl)S(=O)(=O)c2cc(Cl)ccc2Cl)c1. The minimum atomic E-state index is -4.33. The van der Waals surface area contributed by atoms with Gasteiger partial charge < -0.3 is 9.47 Å². The minimum absolute atomic E-state index is 0.0551. The van der Waals surface area contributed by atoms with Crippen molar-refractivity contribution >= 4 is 55.8 Å². The molecule has 0 aliphatic carbocycles. The van der Waals surface area contributed by atoms with Crippen LogP contribution in [0, 0.1) is 0 Å². The molecule has 0 saturated heterocycles. The third-order valence-corrected chi connectivity index (χ3v) is 6.65. The van der Waals surface area contributed by atoms with Gasteiger partial charge in [-0.25, -0.2) is 8.42 Å². The van der Waals surface area contributed by atoms with Crippen molar-refractivity contribution < 1.29 is 22.7 Å². The summed E-state index contributed by atoms with van der Waals surface area (Å²) in [7, 11) is -1.54. The Morgan fingerprint density at radius 3 is 2.30 bits per heavy atom. The summed E-state index contributed by atoms with van der Waals surface area (Å²) in [4.78, 5) is 11.6. The van der Waals surface area contributed by atoms with Crippen molar-refractivity contribution in [3.8, 4) is 11.5 Å². The van der Waals surface area contributed by atoms with Gasteiger partial charge in [-0.2, -0.15) is 0 Å². The molecule has 0 aliphatic rings. The van der Waals surface area contributed by atoms with Crippen LogP contribution in [0.5, 0.6) is 11.5 Å². The largest absolute Gasteiger partial charge is 0.497 e. The van der Waals surface area contributed by atoms with Crippen LogP contribution in [0.15, 0.2) is 41.3 Å². The maximum atomic E-state index is 13.4. The summed E-state index contributed by atoms with van der Waals surface area (Å²) in [5.74, 6) is 0.555. The standard InChI is InChI=1S/C17H16Cl3NO5S/c1-10(17(20)22)21(14-9-12(25-2)5-7-15(14)26-3)27(23,24)16-8-11(18)4-6-13(16)19/h4-10H,1-3H3. The van der Waals surface area contributed by atoms with E-state index in [4.69, 9.17) is 44.3 Å². The number of hydrogen-bond acceptors (Lipinski definition) is 5. The normalized spacial score (nSPS) is 12.4. The summed E-state index contributed by atoms with van der Waals surface area (Å²) in [5.41, 5.74) is 0.0643. The highest BCUT2D eigenvalue weighted by molar-refractivity contribution is 7.93. The Labute approximate surface area is 172 Å². The molecule has 0 aliphatic heterocycles. The van der Waals surface area contributed by atoms with Gasteiger partial charge in [-0.15, -0.1) is 0 Å². The van der Waals surface area contributed by atoms with E-state index < -0.39 is 21.3 Å². The highest BCUT2D eigenvalue weighted by atomic mass is 35.5. The summed E-state index contributed by atoms with van der Waals surface area (Å²) < 4.78 is 38.1. The molecule has 10 heteroatoms. The number of sulfonamides is 1. The molecule has 2 rings (SSSR count). The van der Waals surface area contributed by atoms with Crippen molar-refractivity contribution in [2.75, 3.05) is 18.5 Å². The molecule has 2 aromatic rings. The number of methoxy groups -OCH3 is 2. The second-order valence-electron chi connectivity index (χ2n) is 5.39. The molecule has 27 heavy (non-hydrogen) atoms.